The summed E-state index contributed by atoms with van der Waals surface area (Å²) in [6.07, 6.45) is 0.598. The standard InChI is InChI=1S/C9H15N3O3Si/c1-16(2,3)5-10-8(14)6-4-7(13)12-9(15)11-6/h4H,5H2,1-3H3,(H,10,14)(H2,11,12,13,15). The molecule has 1 aromatic rings. The molecule has 0 aromatic carbocycles. The molecule has 0 fully saturated rings. The number of hydrogen-bond acceptors (Lipinski definition) is 3. The van der Waals surface area contributed by atoms with Gasteiger partial charge in [0.15, 0.2) is 0 Å². The lowest BCUT2D eigenvalue weighted by Gasteiger charge is -2.16. The second kappa shape index (κ2) is 4.48. The lowest BCUT2D eigenvalue weighted by Crippen LogP contribution is -2.41. The minimum Gasteiger partial charge on any atom is -0.354 e. The molecule has 0 saturated carbocycles. The molecule has 1 heterocycles. The number of carbonyl (C=O) groups is 1. The van der Waals surface area contributed by atoms with E-state index in [4.69, 9.17) is 0 Å². The summed E-state index contributed by atoms with van der Waals surface area (Å²) >= 11 is 0. The summed E-state index contributed by atoms with van der Waals surface area (Å²) in [6, 6.07) is 1.07. The number of rotatable bonds is 3. The molecule has 16 heavy (non-hydrogen) atoms. The number of nitrogens with one attached hydrogen (secondary N) is 3. The lowest BCUT2D eigenvalue weighted by molar-refractivity contribution is 0.0954. The summed E-state index contributed by atoms with van der Waals surface area (Å²) in [5.41, 5.74) is -1.26. The van der Waals surface area contributed by atoms with Gasteiger partial charge in [-0.25, -0.2) is 4.79 Å². The highest BCUT2D eigenvalue weighted by molar-refractivity contribution is 6.76. The van der Waals surface area contributed by atoms with Gasteiger partial charge in [-0.3, -0.25) is 14.6 Å². The van der Waals surface area contributed by atoms with E-state index in [9.17, 15) is 14.4 Å². The van der Waals surface area contributed by atoms with Gasteiger partial charge < -0.3 is 10.3 Å². The first kappa shape index (κ1) is 12.4. The van der Waals surface area contributed by atoms with Crippen LogP contribution in [0.4, 0.5) is 0 Å². The van der Waals surface area contributed by atoms with Crippen LogP contribution in [0.15, 0.2) is 15.7 Å². The lowest BCUT2D eigenvalue weighted by atomic mass is 10.4. The molecule has 0 aliphatic heterocycles. The van der Waals surface area contributed by atoms with Crippen LogP contribution in [-0.2, 0) is 0 Å². The number of aromatic nitrogens is 2. The fraction of sp³-hybridized carbons (Fsp3) is 0.444. The van der Waals surface area contributed by atoms with E-state index in [-0.39, 0.29) is 5.69 Å². The van der Waals surface area contributed by atoms with Gasteiger partial charge in [0.1, 0.15) is 5.69 Å². The molecule has 3 N–H and O–H groups in total. The molecule has 1 rings (SSSR count). The number of H-pyrrole nitrogens is 2. The van der Waals surface area contributed by atoms with Crippen LogP contribution < -0.4 is 16.6 Å². The van der Waals surface area contributed by atoms with Gasteiger partial charge in [-0.2, -0.15) is 0 Å². The van der Waals surface area contributed by atoms with Crippen LogP contribution >= 0.6 is 0 Å². The van der Waals surface area contributed by atoms with E-state index in [0.29, 0.717) is 6.17 Å². The maximum absolute atomic E-state index is 11.6. The molecule has 1 aromatic heterocycles. The molecule has 0 spiro atoms. The summed E-state index contributed by atoms with van der Waals surface area (Å²) in [4.78, 5) is 37.8. The van der Waals surface area contributed by atoms with Crippen molar-refractivity contribution in [2.45, 2.75) is 19.6 Å². The van der Waals surface area contributed by atoms with E-state index < -0.39 is 25.2 Å². The first-order valence-electron chi connectivity index (χ1n) is 4.90. The Morgan fingerprint density at radius 1 is 1.31 bits per heavy atom. The van der Waals surface area contributed by atoms with Crippen molar-refractivity contribution in [2.75, 3.05) is 6.17 Å². The molecular weight excluding hydrogens is 226 g/mol. The maximum atomic E-state index is 11.6. The van der Waals surface area contributed by atoms with E-state index in [0.717, 1.165) is 6.07 Å². The summed E-state index contributed by atoms with van der Waals surface area (Å²) in [6.45, 7) is 6.31. The van der Waals surface area contributed by atoms with Gasteiger partial charge in [-0.05, 0) is 0 Å². The Hall–Kier alpha value is -1.63. The van der Waals surface area contributed by atoms with Crippen molar-refractivity contribution >= 4 is 14.0 Å². The molecule has 88 valence electrons. The Bertz CT molecular complexity index is 469. The molecule has 0 aliphatic carbocycles. The van der Waals surface area contributed by atoms with Gasteiger partial charge in [0.05, 0.1) is 8.07 Å². The van der Waals surface area contributed by atoms with Crippen molar-refractivity contribution < 1.29 is 4.79 Å². The van der Waals surface area contributed by atoms with Gasteiger partial charge in [0.2, 0.25) is 0 Å². The largest absolute Gasteiger partial charge is 0.354 e. The van der Waals surface area contributed by atoms with Crippen molar-refractivity contribution in [2.24, 2.45) is 0 Å². The molecule has 0 bridgehead atoms. The predicted molar refractivity (Wildman–Crippen MR) is 63.4 cm³/mol. The molecule has 0 aliphatic rings. The minimum atomic E-state index is -1.39. The third-order valence-electron chi connectivity index (χ3n) is 1.78. The Kier molecular flexibility index (Phi) is 3.48. The zero-order valence-corrected chi connectivity index (χ0v) is 10.5. The highest BCUT2D eigenvalue weighted by Gasteiger charge is 2.15. The Balaban J connectivity index is 2.82. The zero-order valence-electron chi connectivity index (χ0n) is 9.51. The third kappa shape index (κ3) is 3.85. The van der Waals surface area contributed by atoms with Crippen LogP contribution in [0, 0.1) is 0 Å². The molecular formula is C9H15N3O3Si. The third-order valence-corrected chi connectivity index (χ3v) is 3.02. The van der Waals surface area contributed by atoms with Gasteiger partial charge in [-0.15, -0.1) is 0 Å². The number of hydrogen-bond donors (Lipinski definition) is 3. The van der Waals surface area contributed by atoms with Crippen LogP contribution in [0.25, 0.3) is 0 Å². The maximum Gasteiger partial charge on any atom is 0.326 e. The second-order valence-corrected chi connectivity index (χ2v) is 10.2. The average Bonchev–Trinajstić information content (AvgIpc) is 2.11. The van der Waals surface area contributed by atoms with Crippen LogP contribution in [-0.4, -0.2) is 30.1 Å². The van der Waals surface area contributed by atoms with Gasteiger partial charge in [-0.1, -0.05) is 19.6 Å². The molecule has 0 atom stereocenters. The first-order chi connectivity index (χ1) is 7.28. The SMILES string of the molecule is C[Si](C)(C)CNC(=O)c1cc(=O)[nH]c(=O)[nH]1. The summed E-state index contributed by atoms with van der Waals surface area (Å²) < 4.78 is 0. The highest BCUT2D eigenvalue weighted by atomic mass is 28.3. The van der Waals surface area contributed by atoms with Crippen molar-refractivity contribution in [3.05, 3.63) is 32.6 Å². The quantitative estimate of drug-likeness (QED) is 0.632. The molecule has 6 nitrogen and oxygen atoms in total. The van der Waals surface area contributed by atoms with E-state index in [2.05, 4.69) is 29.9 Å². The van der Waals surface area contributed by atoms with E-state index >= 15 is 0 Å². The van der Waals surface area contributed by atoms with E-state index in [1.54, 1.807) is 0 Å². The Morgan fingerprint density at radius 2 is 1.94 bits per heavy atom. The molecule has 0 radical (unpaired) electrons. The van der Waals surface area contributed by atoms with Gasteiger partial charge in [0, 0.05) is 12.2 Å². The predicted octanol–water partition coefficient (Wildman–Crippen LogP) is -0.330. The smallest absolute Gasteiger partial charge is 0.326 e. The van der Waals surface area contributed by atoms with E-state index in [1.807, 2.05) is 4.98 Å². The van der Waals surface area contributed by atoms with Crippen molar-refractivity contribution in [3.63, 3.8) is 0 Å². The Labute approximate surface area is 93.1 Å². The normalized spacial score (nSPS) is 11.2. The van der Waals surface area contributed by atoms with Crippen molar-refractivity contribution in [3.8, 4) is 0 Å². The number of amides is 1. The molecule has 7 heteroatoms. The van der Waals surface area contributed by atoms with Crippen molar-refractivity contribution in [1.29, 1.82) is 0 Å². The van der Waals surface area contributed by atoms with Gasteiger partial charge in [0.25, 0.3) is 11.5 Å². The topological polar surface area (TPSA) is 94.8 Å². The van der Waals surface area contributed by atoms with E-state index in [1.165, 1.54) is 0 Å². The summed E-state index contributed by atoms with van der Waals surface area (Å²) in [5.74, 6) is -0.425. The Morgan fingerprint density at radius 3 is 2.44 bits per heavy atom. The summed E-state index contributed by atoms with van der Waals surface area (Å²) in [7, 11) is -1.39. The molecule has 0 saturated heterocycles. The molecule has 0 unspecified atom stereocenters. The monoisotopic (exact) mass is 241 g/mol. The minimum absolute atomic E-state index is 0.00741. The fourth-order valence-corrected chi connectivity index (χ4v) is 1.72. The number of carbonyl (C=O) groups excluding carboxylic acids is 1. The highest BCUT2D eigenvalue weighted by Crippen LogP contribution is 1.97. The van der Waals surface area contributed by atoms with Crippen LogP contribution in [0.5, 0.6) is 0 Å². The number of aromatic amines is 2. The molecule has 1 amide bonds. The summed E-state index contributed by atoms with van der Waals surface area (Å²) in [5, 5.41) is 2.69. The van der Waals surface area contributed by atoms with Crippen molar-refractivity contribution in [1.82, 2.24) is 15.3 Å². The zero-order chi connectivity index (χ0) is 12.3. The second-order valence-electron chi connectivity index (χ2n) is 4.74. The van der Waals surface area contributed by atoms with Crippen LogP contribution in [0.3, 0.4) is 0 Å². The van der Waals surface area contributed by atoms with Crippen LogP contribution in [0.1, 0.15) is 10.5 Å². The van der Waals surface area contributed by atoms with Gasteiger partial charge >= 0.3 is 5.69 Å². The fourth-order valence-electron chi connectivity index (χ4n) is 1.03. The first-order valence-corrected chi connectivity index (χ1v) is 8.60. The van der Waals surface area contributed by atoms with Crippen LogP contribution in [0.2, 0.25) is 19.6 Å². The average molecular weight is 241 g/mol.